The molecule has 0 aliphatic carbocycles. The van der Waals surface area contributed by atoms with Crippen LogP contribution in [0, 0.1) is 5.92 Å². The Morgan fingerprint density at radius 3 is 2.26 bits per heavy atom. The summed E-state index contributed by atoms with van der Waals surface area (Å²) in [5, 5.41) is 3.34. The molecule has 0 bridgehead atoms. The van der Waals surface area contributed by atoms with Gasteiger partial charge in [-0.25, -0.2) is 0 Å². The normalized spacial score (nSPS) is 15.1. The number of nitrogens with one attached hydrogen (secondary N) is 1. The van der Waals surface area contributed by atoms with E-state index in [1.165, 1.54) is 7.11 Å². The molecule has 0 heterocycles. The quantitative estimate of drug-likeness (QED) is 0.654. The van der Waals surface area contributed by atoms with Crippen LogP contribution in [0.25, 0.3) is 0 Å². The molecular formula is C15H32N2O2. The first-order valence-electron chi connectivity index (χ1n) is 7.33. The average molecular weight is 272 g/mol. The highest BCUT2D eigenvalue weighted by atomic mass is 16.5. The highest BCUT2D eigenvalue weighted by molar-refractivity contribution is 5.80. The largest absolute Gasteiger partial charge is 0.468 e. The van der Waals surface area contributed by atoms with Gasteiger partial charge in [0.05, 0.1) is 7.11 Å². The number of methoxy groups -OCH3 is 1. The summed E-state index contributed by atoms with van der Waals surface area (Å²) in [6, 6.07) is 0.254. The van der Waals surface area contributed by atoms with Crippen molar-refractivity contribution in [3.8, 4) is 0 Å². The summed E-state index contributed by atoms with van der Waals surface area (Å²) in [5.41, 5.74) is -0.604. The third-order valence-electron chi connectivity index (χ3n) is 3.24. The molecule has 0 spiro atoms. The van der Waals surface area contributed by atoms with Crippen molar-refractivity contribution in [1.29, 1.82) is 0 Å². The molecule has 0 saturated heterocycles. The van der Waals surface area contributed by atoms with Crippen LogP contribution in [0.1, 0.15) is 48.0 Å². The number of hydrogen-bond acceptors (Lipinski definition) is 4. The summed E-state index contributed by atoms with van der Waals surface area (Å²) in [5.74, 6) is 0.462. The smallest absolute Gasteiger partial charge is 0.325 e. The lowest BCUT2D eigenvalue weighted by molar-refractivity contribution is -0.148. The summed E-state index contributed by atoms with van der Waals surface area (Å²) in [6.07, 6.45) is 0.762. The van der Waals surface area contributed by atoms with Crippen LogP contribution in [-0.4, -0.2) is 49.2 Å². The van der Waals surface area contributed by atoms with Crippen LogP contribution in [0.3, 0.4) is 0 Å². The number of carbonyl (C=O) groups is 1. The predicted molar refractivity (Wildman–Crippen MR) is 80.3 cm³/mol. The molecule has 0 fully saturated rings. The molecule has 0 saturated carbocycles. The first kappa shape index (κ1) is 18.4. The van der Waals surface area contributed by atoms with Gasteiger partial charge in [-0.05, 0) is 39.7 Å². The molecule has 19 heavy (non-hydrogen) atoms. The first-order chi connectivity index (χ1) is 8.75. The Morgan fingerprint density at radius 1 is 1.32 bits per heavy atom. The Labute approximate surface area is 118 Å². The predicted octanol–water partition coefficient (Wildman–Crippen LogP) is 2.28. The third kappa shape index (κ3) is 6.92. The number of ether oxygens (including phenoxy) is 1. The van der Waals surface area contributed by atoms with E-state index in [0.717, 1.165) is 26.1 Å². The van der Waals surface area contributed by atoms with Gasteiger partial charge in [0.1, 0.15) is 5.54 Å². The summed E-state index contributed by atoms with van der Waals surface area (Å²) in [6.45, 7) is 15.6. The van der Waals surface area contributed by atoms with Crippen LogP contribution >= 0.6 is 0 Å². The summed E-state index contributed by atoms with van der Waals surface area (Å²) < 4.78 is 4.94. The Hall–Kier alpha value is -0.610. The van der Waals surface area contributed by atoms with Crippen LogP contribution < -0.4 is 5.32 Å². The Bertz CT molecular complexity index is 267. The Balaban J connectivity index is 4.60. The molecule has 0 rings (SSSR count). The molecule has 0 aromatic rings. The minimum absolute atomic E-state index is 0.179. The first-order valence-corrected chi connectivity index (χ1v) is 7.33. The van der Waals surface area contributed by atoms with Crippen molar-refractivity contribution >= 4 is 5.97 Å². The van der Waals surface area contributed by atoms with Gasteiger partial charge >= 0.3 is 5.97 Å². The Kier molecular flexibility index (Phi) is 8.26. The van der Waals surface area contributed by atoms with Gasteiger partial charge in [0, 0.05) is 19.1 Å². The van der Waals surface area contributed by atoms with Crippen molar-refractivity contribution in [3.05, 3.63) is 0 Å². The van der Waals surface area contributed by atoms with Crippen LogP contribution in [0.4, 0.5) is 0 Å². The number of hydrogen-bond donors (Lipinski definition) is 1. The molecule has 4 nitrogen and oxygen atoms in total. The minimum Gasteiger partial charge on any atom is -0.468 e. The van der Waals surface area contributed by atoms with Gasteiger partial charge in [0.2, 0.25) is 0 Å². The number of esters is 1. The van der Waals surface area contributed by atoms with Gasteiger partial charge in [0.25, 0.3) is 0 Å². The number of rotatable bonds is 9. The van der Waals surface area contributed by atoms with E-state index in [2.05, 4.69) is 31.0 Å². The lowest BCUT2D eigenvalue weighted by atomic mass is 9.96. The van der Waals surface area contributed by atoms with E-state index in [1.54, 1.807) is 0 Å². The van der Waals surface area contributed by atoms with Crippen molar-refractivity contribution in [2.24, 2.45) is 5.92 Å². The zero-order valence-corrected chi connectivity index (χ0v) is 13.7. The fraction of sp³-hybridized carbons (Fsp3) is 0.933. The van der Waals surface area contributed by atoms with E-state index in [-0.39, 0.29) is 12.0 Å². The van der Waals surface area contributed by atoms with Crippen LogP contribution in [0.2, 0.25) is 0 Å². The highest BCUT2D eigenvalue weighted by Crippen LogP contribution is 2.15. The minimum atomic E-state index is -0.604. The topological polar surface area (TPSA) is 41.6 Å². The second-order valence-corrected chi connectivity index (χ2v) is 6.16. The van der Waals surface area contributed by atoms with Gasteiger partial charge in [-0.1, -0.05) is 20.8 Å². The molecule has 0 aromatic carbocycles. The van der Waals surface area contributed by atoms with Crippen molar-refractivity contribution in [3.63, 3.8) is 0 Å². The second-order valence-electron chi connectivity index (χ2n) is 6.16. The summed E-state index contributed by atoms with van der Waals surface area (Å²) >= 11 is 0. The maximum absolute atomic E-state index is 12.0. The van der Waals surface area contributed by atoms with Gasteiger partial charge in [-0.3, -0.25) is 10.1 Å². The molecule has 4 heteroatoms. The van der Waals surface area contributed by atoms with Crippen molar-refractivity contribution in [1.82, 2.24) is 10.2 Å². The van der Waals surface area contributed by atoms with Crippen molar-refractivity contribution in [2.75, 3.05) is 26.7 Å². The summed E-state index contributed by atoms with van der Waals surface area (Å²) in [7, 11) is 1.45. The third-order valence-corrected chi connectivity index (χ3v) is 3.24. The summed E-state index contributed by atoms with van der Waals surface area (Å²) in [4.78, 5) is 14.4. The molecule has 0 aliphatic rings. The van der Waals surface area contributed by atoms with Crippen molar-refractivity contribution in [2.45, 2.75) is 59.5 Å². The van der Waals surface area contributed by atoms with Crippen molar-refractivity contribution < 1.29 is 9.53 Å². The molecule has 0 aromatic heterocycles. The number of carbonyl (C=O) groups excluding carboxylic acids is 1. The average Bonchev–Trinajstić information content (AvgIpc) is 2.32. The lowest BCUT2D eigenvalue weighted by Crippen LogP contribution is -2.54. The maximum Gasteiger partial charge on any atom is 0.325 e. The molecular weight excluding hydrogens is 240 g/mol. The van der Waals surface area contributed by atoms with E-state index in [0.29, 0.717) is 5.92 Å². The van der Waals surface area contributed by atoms with Gasteiger partial charge < -0.3 is 9.64 Å². The van der Waals surface area contributed by atoms with E-state index in [9.17, 15) is 4.79 Å². The molecule has 1 atom stereocenters. The zero-order valence-electron chi connectivity index (χ0n) is 13.7. The van der Waals surface area contributed by atoms with E-state index >= 15 is 0 Å². The van der Waals surface area contributed by atoms with E-state index in [4.69, 9.17) is 4.74 Å². The molecule has 1 unspecified atom stereocenters. The monoisotopic (exact) mass is 272 g/mol. The SMILES string of the molecule is CCN(CCC(C)(NC(C)C)C(=O)OC)CC(C)C. The zero-order chi connectivity index (χ0) is 15.1. The molecule has 114 valence electrons. The second kappa shape index (κ2) is 8.54. The highest BCUT2D eigenvalue weighted by Gasteiger charge is 2.34. The van der Waals surface area contributed by atoms with Gasteiger partial charge in [0.15, 0.2) is 0 Å². The molecule has 0 radical (unpaired) electrons. The van der Waals surface area contributed by atoms with Crippen LogP contribution in [0.15, 0.2) is 0 Å². The fourth-order valence-corrected chi connectivity index (χ4v) is 2.37. The lowest BCUT2D eigenvalue weighted by Gasteiger charge is -2.33. The van der Waals surface area contributed by atoms with E-state index in [1.807, 2.05) is 20.8 Å². The van der Waals surface area contributed by atoms with Crippen LogP contribution in [0.5, 0.6) is 0 Å². The van der Waals surface area contributed by atoms with Gasteiger partial charge in [-0.2, -0.15) is 0 Å². The standard InChI is InChI=1S/C15H32N2O2/c1-8-17(11-12(2)3)10-9-15(6,14(18)19-7)16-13(4)5/h12-13,16H,8-11H2,1-7H3. The molecule has 1 N–H and O–H groups in total. The maximum atomic E-state index is 12.0. The van der Waals surface area contributed by atoms with Gasteiger partial charge in [-0.15, -0.1) is 0 Å². The Morgan fingerprint density at radius 2 is 1.89 bits per heavy atom. The van der Waals surface area contributed by atoms with Crippen LogP contribution in [-0.2, 0) is 9.53 Å². The molecule has 0 aliphatic heterocycles. The van der Waals surface area contributed by atoms with E-state index < -0.39 is 5.54 Å². The number of nitrogens with zero attached hydrogens (tertiary/aromatic N) is 1. The fourth-order valence-electron chi connectivity index (χ4n) is 2.37. The molecule has 0 amide bonds.